The number of carbonyl (C=O) groups excluding carboxylic acids is 2. The van der Waals surface area contributed by atoms with E-state index in [1.165, 1.54) is 50.5 Å². The molecule has 0 spiro atoms. The molecule has 3 N–H and O–H groups in total. The van der Waals surface area contributed by atoms with E-state index in [1.54, 1.807) is 0 Å². The van der Waals surface area contributed by atoms with Gasteiger partial charge in [0, 0.05) is 12.6 Å². The van der Waals surface area contributed by atoms with E-state index >= 15 is 0 Å². The van der Waals surface area contributed by atoms with E-state index in [0.717, 1.165) is 32.1 Å². The van der Waals surface area contributed by atoms with E-state index in [2.05, 4.69) is 22.0 Å². The van der Waals surface area contributed by atoms with E-state index < -0.39 is 0 Å². The minimum atomic E-state index is -0.379. The molecule has 0 aliphatic heterocycles. The Labute approximate surface area is 146 Å². The van der Waals surface area contributed by atoms with Gasteiger partial charge in [-0.05, 0) is 44.9 Å². The third-order valence-electron chi connectivity index (χ3n) is 5.03. The fourth-order valence-corrected chi connectivity index (χ4v) is 3.58. The highest BCUT2D eigenvalue weighted by Gasteiger charge is 2.13. The second-order valence-corrected chi connectivity index (χ2v) is 7.09. The second kappa shape index (κ2) is 11.2. The Hall–Kier alpha value is -1.36. The van der Waals surface area contributed by atoms with Gasteiger partial charge in [0.15, 0.2) is 0 Å². The van der Waals surface area contributed by atoms with Crippen LogP contribution in [0.4, 0.5) is 4.79 Å². The number of urea groups is 1. The SMILES string of the molecule is O=C(CNC1CCCCCCC1)NC(=O)NCCC1=CCCCC1. The minimum absolute atomic E-state index is 0.225. The summed E-state index contributed by atoms with van der Waals surface area (Å²) in [4.78, 5) is 23.6. The Kier molecular flexibility index (Phi) is 8.88. The number of allylic oxidation sites excluding steroid dienone is 1. The van der Waals surface area contributed by atoms with Crippen molar-refractivity contribution in [1.29, 1.82) is 0 Å². The number of hydrogen-bond donors (Lipinski definition) is 3. The van der Waals surface area contributed by atoms with Crippen LogP contribution in [0, 0.1) is 0 Å². The summed E-state index contributed by atoms with van der Waals surface area (Å²) in [6, 6.07) is 0.0354. The Morgan fingerprint density at radius 1 is 1.00 bits per heavy atom. The zero-order valence-corrected chi connectivity index (χ0v) is 14.9. The van der Waals surface area contributed by atoms with Crippen molar-refractivity contribution in [1.82, 2.24) is 16.0 Å². The number of carbonyl (C=O) groups is 2. The molecular formula is C19H33N3O2. The second-order valence-electron chi connectivity index (χ2n) is 7.09. The molecule has 0 aromatic rings. The molecule has 0 unspecified atom stereocenters. The van der Waals surface area contributed by atoms with Gasteiger partial charge in [0.2, 0.25) is 5.91 Å². The molecule has 136 valence electrons. The highest BCUT2D eigenvalue weighted by atomic mass is 16.2. The van der Waals surface area contributed by atoms with Gasteiger partial charge in [0.05, 0.1) is 6.54 Å². The fourth-order valence-electron chi connectivity index (χ4n) is 3.58. The first-order valence-corrected chi connectivity index (χ1v) is 9.73. The fraction of sp³-hybridized carbons (Fsp3) is 0.789. The summed E-state index contributed by atoms with van der Waals surface area (Å²) >= 11 is 0. The van der Waals surface area contributed by atoms with Gasteiger partial charge in [0.25, 0.3) is 0 Å². The lowest BCUT2D eigenvalue weighted by Crippen LogP contribution is -2.45. The maximum atomic E-state index is 11.9. The number of rotatable bonds is 6. The first-order chi connectivity index (χ1) is 11.7. The number of hydrogen-bond acceptors (Lipinski definition) is 3. The molecule has 5 heteroatoms. The molecule has 0 aromatic heterocycles. The molecule has 2 aliphatic rings. The minimum Gasteiger partial charge on any atom is -0.337 e. The zero-order chi connectivity index (χ0) is 17.0. The highest BCUT2D eigenvalue weighted by Crippen LogP contribution is 2.19. The molecular weight excluding hydrogens is 302 g/mol. The standard InChI is InChI=1S/C19H33N3O2/c23-18(15-21-17-11-7-2-1-3-8-12-17)22-19(24)20-14-13-16-9-5-4-6-10-16/h9,17,21H,1-8,10-15H2,(H2,20,22,23,24). The molecule has 2 rings (SSSR count). The molecule has 0 saturated heterocycles. The van der Waals surface area contributed by atoms with E-state index in [-0.39, 0.29) is 18.5 Å². The summed E-state index contributed by atoms with van der Waals surface area (Å²) < 4.78 is 0. The van der Waals surface area contributed by atoms with Crippen LogP contribution in [0.25, 0.3) is 0 Å². The molecule has 0 radical (unpaired) electrons. The lowest BCUT2D eigenvalue weighted by molar-refractivity contribution is -0.119. The smallest absolute Gasteiger partial charge is 0.321 e. The topological polar surface area (TPSA) is 70.2 Å². The average Bonchev–Trinajstić information content (AvgIpc) is 2.55. The molecule has 3 amide bonds. The molecule has 1 saturated carbocycles. The molecule has 0 aromatic carbocycles. The maximum Gasteiger partial charge on any atom is 0.321 e. The van der Waals surface area contributed by atoms with Gasteiger partial charge in [-0.1, -0.05) is 43.8 Å². The van der Waals surface area contributed by atoms with Gasteiger partial charge in [-0.15, -0.1) is 0 Å². The molecule has 5 nitrogen and oxygen atoms in total. The van der Waals surface area contributed by atoms with Crippen LogP contribution in [0.3, 0.4) is 0 Å². The molecule has 24 heavy (non-hydrogen) atoms. The van der Waals surface area contributed by atoms with Gasteiger partial charge in [-0.25, -0.2) is 4.79 Å². The Morgan fingerprint density at radius 2 is 1.75 bits per heavy atom. The van der Waals surface area contributed by atoms with Crippen LogP contribution in [0.1, 0.15) is 77.0 Å². The van der Waals surface area contributed by atoms with Crippen LogP contribution >= 0.6 is 0 Å². The monoisotopic (exact) mass is 335 g/mol. The third kappa shape index (κ3) is 7.95. The van der Waals surface area contributed by atoms with Crippen LogP contribution in [0.5, 0.6) is 0 Å². The molecule has 0 bridgehead atoms. The lowest BCUT2D eigenvalue weighted by atomic mass is 9.97. The Balaban J connectivity index is 1.55. The van der Waals surface area contributed by atoms with Crippen molar-refractivity contribution in [3.05, 3.63) is 11.6 Å². The summed E-state index contributed by atoms with van der Waals surface area (Å²) in [6.45, 7) is 0.824. The zero-order valence-electron chi connectivity index (χ0n) is 14.9. The predicted octanol–water partition coefficient (Wildman–Crippen LogP) is 3.41. The van der Waals surface area contributed by atoms with Crippen molar-refractivity contribution in [2.45, 2.75) is 83.1 Å². The van der Waals surface area contributed by atoms with Crippen LogP contribution < -0.4 is 16.0 Å². The van der Waals surface area contributed by atoms with Crippen molar-refractivity contribution in [3.8, 4) is 0 Å². The predicted molar refractivity (Wildman–Crippen MR) is 96.8 cm³/mol. The normalized spacial score (nSPS) is 19.8. The van der Waals surface area contributed by atoms with Crippen molar-refractivity contribution in [2.24, 2.45) is 0 Å². The quantitative estimate of drug-likeness (QED) is 0.652. The van der Waals surface area contributed by atoms with Crippen molar-refractivity contribution in [2.75, 3.05) is 13.1 Å². The van der Waals surface area contributed by atoms with Crippen LogP contribution in [0.2, 0.25) is 0 Å². The van der Waals surface area contributed by atoms with Crippen molar-refractivity contribution >= 4 is 11.9 Å². The van der Waals surface area contributed by atoms with Gasteiger partial charge >= 0.3 is 6.03 Å². The van der Waals surface area contributed by atoms with E-state index in [1.807, 2.05) is 0 Å². The summed E-state index contributed by atoms with van der Waals surface area (Å²) in [5.41, 5.74) is 1.43. The van der Waals surface area contributed by atoms with Crippen LogP contribution in [-0.2, 0) is 4.79 Å². The first kappa shape index (κ1) is 19.0. The number of imide groups is 1. The summed E-state index contributed by atoms with van der Waals surface area (Å²) in [5.74, 6) is -0.244. The largest absolute Gasteiger partial charge is 0.337 e. The summed E-state index contributed by atoms with van der Waals surface area (Å²) in [7, 11) is 0. The van der Waals surface area contributed by atoms with Gasteiger partial charge < -0.3 is 10.6 Å². The summed E-state index contributed by atoms with van der Waals surface area (Å²) in [5, 5.41) is 8.49. The van der Waals surface area contributed by atoms with Gasteiger partial charge in [-0.2, -0.15) is 0 Å². The van der Waals surface area contributed by atoms with E-state index in [0.29, 0.717) is 12.6 Å². The Morgan fingerprint density at radius 3 is 2.46 bits per heavy atom. The highest BCUT2D eigenvalue weighted by molar-refractivity contribution is 5.95. The van der Waals surface area contributed by atoms with Gasteiger partial charge in [-0.3, -0.25) is 10.1 Å². The first-order valence-electron chi connectivity index (χ1n) is 9.73. The maximum absolute atomic E-state index is 11.9. The Bertz CT molecular complexity index is 426. The molecule has 0 heterocycles. The number of nitrogens with one attached hydrogen (secondary N) is 3. The van der Waals surface area contributed by atoms with Crippen molar-refractivity contribution in [3.63, 3.8) is 0 Å². The molecule has 2 aliphatic carbocycles. The molecule has 1 fully saturated rings. The lowest BCUT2D eigenvalue weighted by Gasteiger charge is -2.20. The van der Waals surface area contributed by atoms with E-state index in [9.17, 15) is 9.59 Å². The third-order valence-corrected chi connectivity index (χ3v) is 5.03. The van der Waals surface area contributed by atoms with Crippen LogP contribution in [-0.4, -0.2) is 31.1 Å². The summed E-state index contributed by atoms with van der Waals surface area (Å²) in [6.07, 6.45) is 16.7. The van der Waals surface area contributed by atoms with Crippen LogP contribution in [0.15, 0.2) is 11.6 Å². The van der Waals surface area contributed by atoms with Crippen molar-refractivity contribution < 1.29 is 9.59 Å². The average molecular weight is 335 g/mol. The molecule has 0 atom stereocenters. The number of amides is 3. The van der Waals surface area contributed by atoms with E-state index in [4.69, 9.17) is 0 Å². The van der Waals surface area contributed by atoms with Gasteiger partial charge in [0.1, 0.15) is 0 Å².